The highest BCUT2D eigenvalue weighted by molar-refractivity contribution is 7.22. The van der Waals surface area contributed by atoms with Crippen LogP contribution in [0.1, 0.15) is 22.5 Å². The number of furan rings is 1. The molecular weight excluding hydrogens is 412 g/mol. The summed E-state index contributed by atoms with van der Waals surface area (Å²) in [6.45, 7) is 3.30. The molecule has 4 aromatic rings. The second-order valence-electron chi connectivity index (χ2n) is 6.35. The molecule has 4 rings (SSSR count). The lowest BCUT2D eigenvalue weighted by atomic mass is 10.2. The van der Waals surface area contributed by atoms with Gasteiger partial charge in [-0.1, -0.05) is 17.4 Å². The molecule has 0 fully saturated rings. The van der Waals surface area contributed by atoms with E-state index in [1.165, 1.54) is 17.6 Å². The molecule has 0 atom stereocenters. The Morgan fingerprint density at radius 1 is 1.34 bits per heavy atom. The third-order valence-corrected chi connectivity index (χ3v) is 5.69. The summed E-state index contributed by atoms with van der Waals surface area (Å²) in [7, 11) is 1.63. The highest BCUT2D eigenvalue weighted by Crippen LogP contribution is 2.36. The lowest BCUT2D eigenvalue weighted by Gasteiger charge is -2.18. The highest BCUT2D eigenvalue weighted by Gasteiger charge is 2.24. The molecule has 0 radical (unpaired) electrons. The van der Waals surface area contributed by atoms with Gasteiger partial charge in [-0.05, 0) is 37.1 Å². The van der Waals surface area contributed by atoms with E-state index in [4.69, 9.17) is 14.1 Å². The second-order valence-corrected chi connectivity index (χ2v) is 7.32. The molecule has 9 heteroatoms. The van der Waals surface area contributed by atoms with E-state index < -0.39 is 0 Å². The van der Waals surface area contributed by atoms with Crippen molar-refractivity contribution >= 4 is 45.0 Å². The van der Waals surface area contributed by atoms with Gasteiger partial charge in [0.15, 0.2) is 10.9 Å². The van der Waals surface area contributed by atoms with Crippen LogP contribution in [0.3, 0.4) is 0 Å². The minimum atomic E-state index is -0.202. The number of ether oxygens (including phenoxy) is 1. The van der Waals surface area contributed by atoms with Gasteiger partial charge in [0.1, 0.15) is 11.3 Å². The van der Waals surface area contributed by atoms with E-state index in [1.807, 2.05) is 29.8 Å². The van der Waals surface area contributed by atoms with Crippen molar-refractivity contribution in [2.24, 2.45) is 0 Å². The van der Waals surface area contributed by atoms with E-state index in [2.05, 4.69) is 4.98 Å². The number of fused-ring (bicyclic) bond motifs is 1. The quantitative estimate of drug-likeness (QED) is 0.428. The predicted octanol–water partition coefficient (Wildman–Crippen LogP) is 4.56. The molecule has 0 N–H and O–H groups in total. The Morgan fingerprint density at radius 3 is 2.90 bits per heavy atom. The number of rotatable bonds is 7. The van der Waals surface area contributed by atoms with Crippen LogP contribution in [-0.4, -0.2) is 34.1 Å². The highest BCUT2D eigenvalue weighted by atomic mass is 35.5. The minimum absolute atomic E-state index is 0. The van der Waals surface area contributed by atoms with Crippen LogP contribution in [0, 0.1) is 6.92 Å². The standard InChI is InChI=1S/C20H20N4O3S.ClH/c1-14-6-7-15(26-2)17-18(14)28-20(22-17)24(19(25)16-5-3-12-27-16)10-4-9-23-11-8-21-13-23;/h3,5-8,11-13H,4,9-10H2,1-2H3;1H. The monoisotopic (exact) mass is 432 g/mol. The average molecular weight is 433 g/mol. The third kappa shape index (κ3) is 4.28. The summed E-state index contributed by atoms with van der Waals surface area (Å²) in [4.78, 5) is 23.5. The Labute approximate surface area is 178 Å². The number of nitrogens with zero attached hydrogens (tertiary/aromatic N) is 4. The molecule has 0 saturated heterocycles. The number of halogens is 1. The van der Waals surface area contributed by atoms with E-state index in [0.29, 0.717) is 23.2 Å². The fourth-order valence-corrected chi connectivity index (χ4v) is 4.10. The fourth-order valence-electron chi connectivity index (χ4n) is 3.03. The molecule has 1 amide bonds. The van der Waals surface area contributed by atoms with Gasteiger partial charge < -0.3 is 13.7 Å². The zero-order valence-corrected chi connectivity index (χ0v) is 17.7. The molecule has 152 valence electrons. The van der Waals surface area contributed by atoms with Crippen molar-refractivity contribution in [3.63, 3.8) is 0 Å². The van der Waals surface area contributed by atoms with Crippen molar-refractivity contribution in [3.05, 3.63) is 60.6 Å². The van der Waals surface area contributed by atoms with E-state index >= 15 is 0 Å². The van der Waals surface area contributed by atoms with Gasteiger partial charge in [-0.2, -0.15) is 0 Å². The summed E-state index contributed by atoms with van der Waals surface area (Å²) in [5.41, 5.74) is 1.87. The molecule has 0 aliphatic heterocycles. The molecule has 0 unspecified atom stereocenters. The number of benzene rings is 1. The van der Waals surface area contributed by atoms with Crippen LogP contribution >= 0.6 is 23.7 Å². The molecule has 0 spiro atoms. The fraction of sp³-hybridized carbons (Fsp3) is 0.250. The maximum Gasteiger partial charge on any atom is 0.295 e. The van der Waals surface area contributed by atoms with Crippen molar-refractivity contribution in [2.75, 3.05) is 18.6 Å². The number of carbonyl (C=O) groups excluding carboxylic acids is 1. The Hall–Kier alpha value is -2.84. The van der Waals surface area contributed by atoms with E-state index in [0.717, 1.165) is 28.7 Å². The normalized spacial score (nSPS) is 10.7. The number of aromatic nitrogens is 3. The number of imidazole rings is 1. The number of methoxy groups -OCH3 is 1. The Kier molecular flexibility index (Phi) is 6.56. The second kappa shape index (κ2) is 9.11. The van der Waals surface area contributed by atoms with Crippen LogP contribution in [0.4, 0.5) is 5.13 Å². The Morgan fingerprint density at radius 2 is 2.21 bits per heavy atom. The SMILES string of the molecule is COc1ccc(C)c2sc(N(CCCn3ccnc3)C(=O)c3ccco3)nc12.Cl. The molecule has 3 heterocycles. The van der Waals surface area contributed by atoms with Crippen molar-refractivity contribution in [1.82, 2.24) is 14.5 Å². The van der Waals surface area contributed by atoms with Crippen molar-refractivity contribution < 1.29 is 13.9 Å². The number of anilines is 1. The first-order chi connectivity index (χ1) is 13.7. The van der Waals surface area contributed by atoms with Gasteiger partial charge in [0.05, 0.1) is 24.4 Å². The van der Waals surface area contributed by atoms with Gasteiger partial charge in [-0.3, -0.25) is 9.69 Å². The summed E-state index contributed by atoms with van der Waals surface area (Å²) in [5, 5.41) is 0.634. The van der Waals surface area contributed by atoms with Crippen LogP contribution in [0.25, 0.3) is 10.2 Å². The summed E-state index contributed by atoms with van der Waals surface area (Å²) in [6, 6.07) is 7.28. The average Bonchev–Trinajstić information content (AvgIpc) is 3.47. The zero-order chi connectivity index (χ0) is 19.5. The smallest absolute Gasteiger partial charge is 0.295 e. The van der Waals surface area contributed by atoms with Crippen LogP contribution in [-0.2, 0) is 6.54 Å². The maximum atomic E-state index is 13.1. The number of hydrogen-bond acceptors (Lipinski definition) is 6. The molecular formula is C20H21ClN4O3S. The lowest BCUT2D eigenvalue weighted by Crippen LogP contribution is -2.32. The Balaban J connectivity index is 0.00000240. The van der Waals surface area contributed by atoms with Crippen LogP contribution in [0.5, 0.6) is 5.75 Å². The molecule has 3 aromatic heterocycles. The number of amides is 1. The summed E-state index contributed by atoms with van der Waals surface area (Å²) in [5.74, 6) is 0.795. The number of carbonyl (C=O) groups is 1. The van der Waals surface area contributed by atoms with Gasteiger partial charge in [0.25, 0.3) is 5.91 Å². The first-order valence-electron chi connectivity index (χ1n) is 8.92. The van der Waals surface area contributed by atoms with Crippen molar-refractivity contribution in [2.45, 2.75) is 19.9 Å². The van der Waals surface area contributed by atoms with Gasteiger partial charge in [-0.25, -0.2) is 9.97 Å². The molecule has 0 bridgehead atoms. The number of aryl methyl sites for hydroxylation is 2. The summed E-state index contributed by atoms with van der Waals surface area (Å²) >= 11 is 1.49. The first-order valence-corrected chi connectivity index (χ1v) is 9.74. The maximum absolute atomic E-state index is 13.1. The lowest BCUT2D eigenvalue weighted by molar-refractivity contribution is 0.0959. The van der Waals surface area contributed by atoms with Gasteiger partial charge in [0.2, 0.25) is 0 Å². The topological polar surface area (TPSA) is 73.4 Å². The summed E-state index contributed by atoms with van der Waals surface area (Å²) < 4.78 is 13.8. The van der Waals surface area contributed by atoms with Crippen LogP contribution in [0.15, 0.2) is 53.7 Å². The third-order valence-electron chi connectivity index (χ3n) is 4.48. The van der Waals surface area contributed by atoms with E-state index in [9.17, 15) is 4.79 Å². The molecule has 1 aromatic carbocycles. The number of thiazole rings is 1. The molecule has 0 aliphatic carbocycles. The molecule has 7 nitrogen and oxygen atoms in total. The minimum Gasteiger partial charge on any atom is -0.494 e. The number of hydrogen-bond donors (Lipinski definition) is 0. The van der Waals surface area contributed by atoms with Crippen molar-refractivity contribution in [1.29, 1.82) is 0 Å². The molecule has 29 heavy (non-hydrogen) atoms. The largest absolute Gasteiger partial charge is 0.494 e. The summed E-state index contributed by atoms with van der Waals surface area (Å²) in [6.07, 6.45) is 7.68. The van der Waals surface area contributed by atoms with E-state index in [-0.39, 0.29) is 18.3 Å². The van der Waals surface area contributed by atoms with Crippen molar-refractivity contribution in [3.8, 4) is 5.75 Å². The molecule has 0 aliphatic rings. The predicted molar refractivity (Wildman–Crippen MR) is 115 cm³/mol. The van der Waals surface area contributed by atoms with Gasteiger partial charge in [0, 0.05) is 25.5 Å². The molecule has 0 saturated carbocycles. The first kappa shape index (κ1) is 20.9. The Bertz CT molecular complexity index is 1080. The van der Waals surface area contributed by atoms with E-state index in [1.54, 1.807) is 36.7 Å². The van der Waals surface area contributed by atoms with Gasteiger partial charge in [-0.15, -0.1) is 12.4 Å². The van der Waals surface area contributed by atoms with Crippen LogP contribution in [0.2, 0.25) is 0 Å². The van der Waals surface area contributed by atoms with Gasteiger partial charge >= 0.3 is 0 Å². The van der Waals surface area contributed by atoms with Crippen LogP contribution < -0.4 is 9.64 Å². The zero-order valence-electron chi connectivity index (χ0n) is 16.1.